The van der Waals surface area contributed by atoms with Crippen LogP contribution in [0.15, 0.2) is 36.0 Å². The van der Waals surface area contributed by atoms with E-state index < -0.39 is 0 Å². The smallest absolute Gasteiger partial charge is 0.276 e. The third kappa shape index (κ3) is 2.31. The van der Waals surface area contributed by atoms with Gasteiger partial charge in [-0.15, -0.1) is 0 Å². The minimum Gasteiger partial charge on any atom is -0.339 e. The number of aromatic nitrogens is 4. The Kier molecular flexibility index (Phi) is 3.05. The molecule has 0 unspecified atom stereocenters. The van der Waals surface area contributed by atoms with Gasteiger partial charge < -0.3 is 4.57 Å². The quantitative estimate of drug-likeness (QED) is 0.755. The average Bonchev–Trinajstić information content (AvgIpc) is 2.33. The van der Waals surface area contributed by atoms with Gasteiger partial charge in [0.25, 0.3) is 5.56 Å². The van der Waals surface area contributed by atoms with Crippen molar-refractivity contribution in [1.82, 2.24) is 19.5 Å². The van der Waals surface area contributed by atoms with Crippen molar-refractivity contribution in [1.29, 1.82) is 0 Å². The first-order valence-corrected chi connectivity index (χ1v) is 5.08. The van der Waals surface area contributed by atoms with E-state index in [0.29, 0.717) is 12.0 Å². The first kappa shape index (κ1) is 10.5. The second-order valence-corrected chi connectivity index (χ2v) is 3.46. The fourth-order valence-electron chi connectivity index (χ4n) is 1.43. The molecule has 2 rings (SSSR count). The van der Waals surface area contributed by atoms with Crippen LogP contribution in [0.1, 0.15) is 18.1 Å². The molecular formula is C11H12N4O. The third-order valence-electron chi connectivity index (χ3n) is 2.29. The molecule has 0 aliphatic heterocycles. The van der Waals surface area contributed by atoms with Crippen LogP contribution in [0.4, 0.5) is 0 Å². The van der Waals surface area contributed by atoms with Crippen LogP contribution in [-0.2, 0) is 13.0 Å². The Morgan fingerprint density at radius 1 is 1.31 bits per heavy atom. The summed E-state index contributed by atoms with van der Waals surface area (Å²) in [5.74, 6) is 0. The van der Waals surface area contributed by atoms with E-state index in [1.165, 1.54) is 6.33 Å². The van der Waals surface area contributed by atoms with Gasteiger partial charge in [-0.25, -0.2) is 9.97 Å². The molecule has 16 heavy (non-hydrogen) atoms. The lowest BCUT2D eigenvalue weighted by atomic mass is 10.1. The Hall–Kier alpha value is -2.04. The van der Waals surface area contributed by atoms with Gasteiger partial charge in [0.05, 0.1) is 6.33 Å². The normalized spacial score (nSPS) is 10.3. The zero-order valence-corrected chi connectivity index (χ0v) is 9.00. The van der Waals surface area contributed by atoms with Crippen molar-refractivity contribution in [3.8, 4) is 0 Å². The molecule has 0 radical (unpaired) electrons. The van der Waals surface area contributed by atoms with E-state index in [-0.39, 0.29) is 5.56 Å². The van der Waals surface area contributed by atoms with E-state index in [1.807, 2.05) is 17.7 Å². The fourth-order valence-corrected chi connectivity index (χ4v) is 1.43. The summed E-state index contributed by atoms with van der Waals surface area (Å²) < 4.78 is 1.88. The van der Waals surface area contributed by atoms with Crippen LogP contribution in [0.25, 0.3) is 0 Å². The first-order valence-electron chi connectivity index (χ1n) is 5.08. The van der Waals surface area contributed by atoms with Crippen LogP contribution in [0.2, 0.25) is 0 Å². The molecule has 0 saturated heterocycles. The van der Waals surface area contributed by atoms with Crippen molar-refractivity contribution in [3.63, 3.8) is 0 Å². The molecule has 82 valence electrons. The van der Waals surface area contributed by atoms with Crippen LogP contribution in [0.3, 0.4) is 0 Å². The molecule has 0 fully saturated rings. The molecule has 0 aliphatic carbocycles. The molecule has 2 aromatic rings. The van der Waals surface area contributed by atoms with Gasteiger partial charge in [0, 0.05) is 37.1 Å². The fraction of sp³-hybridized carbons (Fsp3) is 0.273. The second-order valence-electron chi connectivity index (χ2n) is 3.46. The number of aryl methyl sites for hydroxylation is 1. The van der Waals surface area contributed by atoms with Gasteiger partial charge >= 0.3 is 0 Å². The van der Waals surface area contributed by atoms with E-state index in [4.69, 9.17) is 0 Å². The van der Waals surface area contributed by atoms with Gasteiger partial charge in [0.2, 0.25) is 0 Å². The number of hydrogen-bond acceptors (Lipinski definition) is 4. The molecule has 0 bridgehead atoms. The molecule has 5 nitrogen and oxygen atoms in total. The molecule has 2 heterocycles. The summed E-state index contributed by atoms with van der Waals surface area (Å²) in [5.41, 5.74) is 1.39. The van der Waals surface area contributed by atoms with Gasteiger partial charge in [-0.2, -0.15) is 4.98 Å². The van der Waals surface area contributed by atoms with Crippen molar-refractivity contribution < 1.29 is 0 Å². The van der Waals surface area contributed by atoms with Gasteiger partial charge in [0.1, 0.15) is 6.33 Å². The summed E-state index contributed by atoms with van der Waals surface area (Å²) in [6.45, 7) is 2.80. The van der Waals surface area contributed by atoms with E-state index in [2.05, 4.69) is 15.0 Å². The van der Waals surface area contributed by atoms with Crippen LogP contribution in [0.5, 0.6) is 0 Å². The van der Waals surface area contributed by atoms with Crippen LogP contribution in [-0.4, -0.2) is 19.5 Å². The van der Waals surface area contributed by atoms with Gasteiger partial charge in [-0.1, -0.05) is 0 Å². The zero-order valence-electron chi connectivity index (χ0n) is 9.00. The van der Waals surface area contributed by atoms with Crippen molar-refractivity contribution in [2.45, 2.75) is 19.9 Å². The summed E-state index contributed by atoms with van der Waals surface area (Å²) >= 11 is 0. The molecule has 0 saturated carbocycles. The zero-order chi connectivity index (χ0) is 11.4. The summed E-state index contributed by atoms with van der Waals surface area (Å²) in [6, 6.07) is 0. The summed E-state index contributed by atoms with van der Waals surface area (Å²) in [4.78, 5) is 23.2. The van der Waals surface area contributed by atoms with E-state index in [9.17, 15) is 4.79 Å². The predicted molar refractivity (Wildman–Crippen MR) is 59.0 cm³/mol. The Bertz CT molecular complexity index is 521. The molecule has 0 amide bonds. The highest BCUT2D eigenvalue weighted by Crippen LogP contribution is 2.01. The summed E-state index contributed by atoms with van der Waals surface area (Å²) in [6.07, 6.45) is 8.77. The Morgan fingerprint density at radius 3 is 2.75 bits per heavy atom. The number of rotatable bonds is 3. The highest BCUT2D eigenvalue weighted by Gasteiger charge is 2.03. The predicted octanol–water partition coefficient (Wildman–Crippen LogP) is 0.644. The van der Waals surface area contributed by atoms with Crippen molar-refractivity contribution in [3.05, 3.63) is 52.7 Å². The second kappa shape index (κ2) is 4.65. The highest BCUT2D eigenvalue weighted by atomic mass is 16.1. The lowest BCUT2D eigenvalue weighted by Gasteiger charge is -2.04. The molecule has 0 aromatic carbocycles. The van der Waals surface area contributed by atoms with E-state index in [0.717, 1.165) is 12.1 Å². The molecule has 0 aliphatic rings. The van der Waals surface area contributed by atoms with Gasteiger partial charge in [0.15, 0.2) is 0 Å². The lowest BCUT2D eigenvalue weighted by Crippen LogP contribution is -2.16. The maximum Gasteiger partial charge on any atom is 0.276 e. The van der Waals surface area contributed by atoms with Crippen LogP contribution in [0, 0.1) is 0 Å². The lowest BCUT2D eigenvalue weighted by molar-refractivity contribution is 0.719. The van der Waals surface area contributed by atoms with Gasteiger partial charge in [-0.05, 0) is 12.5 Å². The largest absolute Gasteiger partial charge is 0.339 e. The maximum absolute atomic E-state index is 11.5. The Morgan fingerprint density at radius 2 is 2.06 bits per heavy atom. The van der Waals surface area contributed by atoms with Crippen LogP contribution >= 0.6 is 0 Å². The molecular weight excluding hydrogens is 204 g/mol. The SMILES string of the molecule is CCn1cnc(=O)c(Cc2cncnc2)c1. The van der Waals surface area contributed by atoms with E-state index in [1.54, 1.807) is 18.7 Å². The minimum atomic E-state index is -0.187. The first-order chi connectivity index (χ1) is 7.79. The molecule has 0 spiro atoms. The molecule has 2 aromatic heterocycles. The number of nitrogens with zero attached hydrogens (tertiary/aromatic N) is 4. The molecule has 0 N–H and O–H groups in total. The topological polar surface area (TPSA) is 60.7 Å². The van der Waals surface area contributed by atoms with Gasteiger partial charge in [-0.3, -0.25) is 4.79 Å². The van der Waals surface area contributed by atoms with Crippen molar-refractivity contribution in [2.75, 3.05) is 0 Å². The summed E-state index contributed by atoms with van der Waals surface area (Å²) in [5, 5.41) is 0. The third-order valence-corrected chi connectivity index (χ3v) is 2.29. The maximum atomic E-state index is 11.5. The van der Waals surface area contributed by atoms with Crippen LogP contribution < -0.4 is 5.56 Å². The van der Waals surface area contributed by atoms with Crippen molar-refractivity contribution in [2.24, 2.45) is 0 Å². The standard InChI is InChI=1S/C11H12N4O/c1-2-15-6-10(11(16)14-8-15)3-9-4-12-7-13-5-9/h4-8H,2-3H2,1H3. The van der Waals surface area contributed by atoms with Crippen molar-refractivity contribution >= 4 is 0 Å². The minimum absolute atomic E-state index is 0.187. The number of hydrogen-bond donors (Lipinski definition) is 0. The monoisotopic (exact) mass is 216 g/mol. The molecule has 0 atom stereocenters. The molecule has 5 heteroatoms. The highest BCUT2D eigenvalue weighted by molar-refractivity contribution is 5.17. The summed E-state index contributed by atoms with van der Waals surface area (Å²) in [7, 11) is 0. The Labute approximate surface area is 92.8 Å². The average molecular weight is 216 g/mol. The Balaban J connectivity index is 2.31. The van der Waals surface area contributed by atoms with E-state index >= 15 is 0 Å².